The number of thiophene rings is 1. The standard InChI is InChI=1S/C17H27N3O2S.ClH/c21-17(20-9-6-18-7-10-20)5-8-19(13-15-3-1-11-22-15)14-16-4-2-12-23-16;/h2,4,12,15,18H,1,3,5-11,13-14H2;1H. The Balaban J connectivity index is 0.00000208. The molecular weight excluding hydrogens is 346 g/mol. The van der Waals surface area contributed by atoms with E-state index in [1.54, 1.807) is 11.3 Å². The van der Waals surface area contributed by atoms with Crippen molar-refractivity contribution in [3.8, 4) is 0 Å². The molecule has 1 N–H and O–H groups in total. The van der Waals surface area contributed by atoms with E-state index < -0.39 is 0 Å². The van der Waals surface area contributed by atoms with E-state index in [1.165, 1.54) is 4.88 Å². The third-order valence-corrected chi connectivity index (χ3v) is 5.42. The van der Waals surface area contributed by atoms with Gasteiger partial charge in [-0.05, 0) is 24.3 Å². The summed E-state index contributed by atoms with van der Waals surface area (Å²) in [5, 5.41) is 5.41. The van der Waals surface area contributed by atoms with Crippen LogP contribution in [0.3, 0.4) is 0 Å². The quantitative estimate of drug-likeness (QED) is 0.793. The number of carbonyl (C=O) groups is 1. The van der Waals surface area contributed by atoms with Gasteiger partial charge in [0, 0.05) is 63.7 Å². The largest absolute Gasteiger partial charge is 0.377 e. The number of hydrogen-bond donors (Lipinski definition) is 1. The summed E-state index contributed by atoms with van der Waals surface area (Å²) in [5.41, 5.74) is 0. The lowest BCUT2D eigenvalue weighted by Gasteiger charge is -2.29. The SMILES string of the molecule is Cl.O=C(CCN(Cc1cccs1)CC1CCCO1)N1CCNCC1. The van der Waals surface area contributed by atoms with Crippen LogP contribution in [0.25, 0.3) is 0 Å². The highest BCUT2D eigenvalue weighted by Crippen LogP contribution is 2.17. The van der Waals surface area contributed by atoms with Gasteiger partial charge >= 0.3 is 0 Å². The molecule has 1 amide bonds. The first kappa shape index (κ1) is 19.7. The zero-order chi connectivity index (χ0) is 15.9. The lowest BCUT2D eigenvalue weighted by Crippen LogP contribution is -2.47. The number of rotatable bonds is 7. The van der Waals surface area contributed by atoms with E-state index in [0.717, 1.165) is 65.3 Å². The zero-order valence-corrected chi connectivity index (χ0v) is 15.7. The smallest absolute Gasteiger partial charge is 0.223 e. The lowest BCUT2D eigenvalue weighted by atomic mass is 10.2. The van der Waals surface area contributed by atoms with Crippen molar-refractivity contribution in [3.63, 3.8) is 0 Å². The number of hydrogen-bond acceptors (Lipinski definition) is 5. The molecule has 7 heteroatoms. The van der Waals surface area contributed by atoms with E-state index in [0.29, 0.717) is 12.5 Å². The Morgan fingerprint density at radius 3 is 2.92 bits per heavy atom. The van der Waals surface area contributed by atoms with Gasteiger partial charge in [-0.1, -0.05) is 6.07 Å². The minimum Gasteiger partial charge on any atom is -0.377 e. The molecule has 3 rings (SSSR count). The summed E-state index contributed by atoms with van der Waals surface area (Å²) in [7, 11) is 0. The van der Waals surface area contributed by atoms with Gasteiger partial charge in [-0.3, -0.25) is 9.69 Å². The summed E-state index contributed by atoms with van der Waals surface area (Å²) in [4.78, 5) is 18.1. The fourth-order valence-electron chi connectivity index (χ4n) is 3.26. The van der Waals surface area contributed by atoms with Gasteiger partial charge in [-0.15, -0.1) is 23.7 Å². The molecule has 0 radical (unpaired) electrons. The minimum atomic E-state index is 0. The predicted molar refractivity (Wildman–Crippen MR) is 99.9 cm³/mol. The first-order chi connectivity index (χ1) is 11.3. The Kier molecular flexibility index (Phi) is 8.49. The van der Waals surface area contributed by atoms with Gasteiger partial charge in [-0.2, -0.15) is 0 Å². The number of amides is 1. The molecule has 136 valence electrons. The highest BCUT2D eigenvalue weighted by molar-refractivity contribution is 7.09. The number of nitrogens with one attached hydrogen (secondary N) is 1. The van der Waals surface area contributed by atoms with E-state index >= 15 is 0 Å². The Morgan fingerprint density at radius 1 is 1.42 bits per heavy atom. The summed E-state index contributed by atoms with van der Waals surface area (Å²) in [6.07, 6.45) is 3.26. The second kappa shape index (κ2) is 10.4. The molecule has 5 nitrogen and oxygen atoms in total. The summed E-state index contributed by atoms with van der Waals surface area (Å²) in [6.45, 7) is 7.09. The topological polar surface area (TPSA) is 44.8 Å². The molecule has 1 aromatic rings. The maximum atomic E-state index is 12.4. The zero-order valence-electron chi connectivity index (χ0n) is 14.1. The summed E-state index contributed by atoms with van der Waals surface area (Å²) in [6, 6.07) is 4.27. The normalized spacial score (nSPS) is 21.0. The molecule has 2 fully saturated rings. The first-order valence-electron chi connectivity index (χ1n) is 8.66. The maximum Gasteiger partial charge on any atom is 0.223 e. The third-order valence-electron chi connectivity index (χ3n) is 4.56. The average Bonchev–Trinajstić information content (AvgIpc) is 3.27. The molecule has 0 spiro atoms. The molecule has 0 aliphatic carbocycles. The van der Waals surface area contributed by atoms with Crippen molar-refractivity contribution in [2.24, 2.45) is 0 Å². The van der Waals surface area contributed by atoms with E-state index in [2.05, 4.69) is 27.7 Å². The number of carbonyl (C=O) groups excluding carboxylic acids is 1. The van der Waals surface area contributed by atoms with Crippen LogP contribution in [0.1, 0.15) is 24.1 Å². The van der Waals surface area contributed by atoms with Crippen LogP contribution >= 0.6 is 23.7 Å². The van der Waals surface area contributed by atoms with Crippen LogP contribution in [0.4, 0.5) is 0 Å². The van der Waals surface area contributed by atoms with Crippen LogP contribution in [0.5, 0.6) is 0 Å². The molecule has 2 aliphatic rings. The minimum absolute atomic E-state index is 0. The van der Waals surface area contributed by atoms with Crippen LogP contribution < -0.4 is 5.32 Å². The molecule has 2 aliphatic heterocycles. The van der Waals surface area contributed by atoms with Crippen LogP contribution in [-0.4, -0.2) is 67.7 Å². The van der Waals surface area contributed by atoms with E-state index in [4.69, 9.17) is 4.74 Å². The molecular formula is C17H28ClN3O2S. The molecule has 0 bridgehead atoms. The Bertz CT molecular complexity index is 474. The van der Waals surface area contributed by atoms with Gasteiger partial charge in [0.2, 0.25) is 5.91 Å². The Morgan fingerprint density at radius 2 is 2.25 bits per heavy atom. The Hall–Kier alpha value is -0.660. The van der Waals surface area contributed by atoms with Gasteiger partial charge in [0.1, 0.15) is 0 Å². The van der Waals surface area contributed by atoms with Crippen LogP contribution in [-0.2, 0) is 16.1 Å². The third kappa shape index (κ3) is 6.01. The van der Waals surface area contributed by atoms with Gasteiger partial charge in [0.15, 0.2) is 0 Å². The van der Waals surface area contributed by atoms with Crippen molar-refractivity contribution in [3.05, 3.63) is 22.4 Å². The molecule has 1 atom stereocenters. The maximum absolute atomic E-state index is 12.4. The highest BCUT2D eigenvalue weighted by Gasteiger charge is 2.22. The van der Waals surface area contributed by atoms with Crippen LogP contribution in [0.2, 0.25) is 0 Å². The number of halogens is 1. The second-order valence-corrected chi connectivity index (χ2v) is 7.36. The number of ether oxygens (including phenoxy) is 1. The molecule has 1 aromatic heterocycles. The highest BCUT2D eigenvalue weighted by atomic mass is 35.5. The number of nitrogens with zero attached hydrogens (tertiary/aromatic N) is 2. The summed E-state index contributed by atoms with van der Waals surface area (Å²) < 4.78 is 5.78. The molecule has 2 saturated heterocycles. The van der Waals surface area contributed by atoms with Crippen molar-refractivity contribution in [2.75, 3.05) is 45.9 Å². The first-order valence-corrected chi connectivity index (χ1v) is 9.54. The predicted octanol–water partition coefficient (Wildman–Crippen LogP) is 1.97. The van der Waals surface area contributed by atoms with Gasteiger partial charge in [0.05, 0.1) is 6.10 Å². The molecule has 24 heavy (non-hydrogen) atoms. The molecule has 0 saturated carbocycles. The van der Waals surface area contributed by atoms with Crippen molar-refractivity contribution in [1.29, 1.82) is 0 Å². The second-order valence-electron chi connectivity index (χ2n) is 6.33. The van der Waals surface area contributed by atoms with Gasteiger partial charge < -0.3 is 15.0 Å². The van der Waals surface area contributed by atoms with E-state index in [-0.39, 0.29) is 18.3 Å². The monoisotopic (exact) mass is 373 g/mol. The number of piperazine rings is 1. The van der Waals surface area contributed by atoms with Gasteiger partial charge in [-0.25, -0.2) is 0 Å². The van der Waals surface area contributed by atoms with Crippen LogP contribution in [0.15, 0.2) is 17.5 Å². The lowest BCUT2D eigenvalue weighted by molar-refractivity contribution is -0.132. The fourth-order valence-corrected chi connectivity index (χ4v) is 4.01. The van der Waals surface area contributed by atoms with Crippen molar-refractivity contribution in [1.82, 2.24) is 15.1 Å². The summed E-state index contributed by atoms with van der Waals surface area (Å²) in [5.74, 6) is 0.287. The summed E-state index contributed by atoms with van der Waals surface area (Å²) >= 11 is 1.79. The molecule has 1 unspecified atom stereocenters. The Labute approximate surface area is 154 Å². The molecule has 3 heterocycles. The average molecular weight is 374 g/mol. The molecule has 0 aromatic carbocycles. The van der Waals surface area contributed by atoms with Gasteiger partial charge in [0.25, 0.3) is 0 Å². The van der Waals surface area contributed by atoms with Crippen molar-refractivity contribution < 1.29 is 9.53 Å². The van der Waals surface area contributed by atoms with E-state index in [1.807, 2.05) is 4.90 Å². The fraction of sp³-hybridized carbons (Fsp3) is 0.706. The van der Waals surface area contributed by atoms with E-state index in [9.17, 15) is 4.79 Å². The van der Waals surface area contributed by atoms with Crippen LogP contribution in [0, 0.1) is 0 Å². The van der Waals surface area contributed by atoms with Crippen molar-refractivity contribution in [2.45, 2.75) is 31.9 Å². The van der Waals surface area contributed by atoms with Crippen molar-refractivity contribution >= 4 is 29.7 Å².